The Bertz CT molecular complexity index is 944. The number of hydrogen-bond donors (Lipinski definition) is 1. The molecule has 0 fully saturated rings. The molecule has 0 radical (unpaired) electrons. The van der Waals surface area contributed by atoms with Crippen LogP contribution < -0.4 is 5.32 Å². The fourth-order valence-corrected chi connectivity index (χ4v) is 3.53. The second kappa shape index (κ2) is 9.05. The number of benzene rings is 1. The summed E-state index contributed by atoms with van der Waals surface area (Å²) in [5, 5.41) is 7.93. The molecule has 2 heterocycles. The van der Waals surface area contributed by atoms with Gasteiger partial charge in [-0.2, -0.15) is 5.10 Å². The van der Waals surface area contributed by atoms with Crippen LogP contribution in [0, 0.1) is 5.82 Å². The van der Waals surface area contributed by atoms with E-state index >= 15 is 0 Å². The summed E-state index contributed by atoms with van der Waals surface area (Å²) in [6.45, 7) is 1.47. The minimum Gasteiger partial charge on any atom is -0.356 e. The van der Waals surface area contributed by atoms with Gasteiger partial charge in [0.15, 0.2) is 5.96 Å². The average Bonchev–Trinajstić information content (AvgIpc) is 3.25. The van der Waals surface area contributed by atoms with Crippen molar-refractivity contribution >= 4 is 21.9 Å². The second-order valence-corrected chi connectivity index (χ2v) is 7.48. The fourth-order valence-electron chi connectivity index (χ4n) is 2.96. The Morgan fingerprint density at radius 2 is 2.04 bits per heavy atom. The molecule has 0 atom stereocenters. The summed E-state index contributed by atoms with van der Waals surface area (Å²) in [5.74, 6) is 0.578. The summed E-state index contributed by atoms with van der Waals surface area (Å²) in [6.07, 6.45) is 4.68. The molecule has 0 amide bonds. The van der Waals surface area contributed by atoms with Crippen molar-refractivity contribution in [3.8, 4) is 5.69 Å². The molecule has 1 N–H and O–H groups in total. The molecule has 28 heavy (non-hydrogen) atoms. The van der Waals surface area contributed by atoms with Crippen LogP contribution in [0.3, 0.4) is 0 Å². The second-order valence-electron chi connectivity index (χ2n) is 6.57. The summed E-state index contributed by atoms with van der Waals surface area (Å²) >= 11 is 3.50. The first kappa shape index (κ1) is 20.1. The maximum absolute atomic E-state index is 13.1. The molecule has 3 aromatic rings. The Balaban J connectivity index is 1.53. The Morgan fingerprint density at radius 1 is 1.29 bits per heavy atom. The lowest BCUT2D eigenvalue weighted by Gasteiger charge is -2.22. The number of aliphatic imine (C=N–C) groups is 1. The van der Waals surface area contributed by atoms with Gasteiger partial charge in [0.2, 0.25) is 0 Å². The minimum atomic E-state index is -0.251. The summed E-state index contributed by atoms with van der Waals surface area (Å²) in [7, 11) is 5.82. The first-order chi connectivity index (χ1) is 13.5. The smallest absolute Gasteiger partial charge is 0.193 e. The molecule has 0 unspecified atom stereocenters. The standard InChI is InChI=1S/C20H24BrFN6/c1-23-20(27(3)14-19-12-15(21)13-26(19)2)24-10-8-17-9-11-28(25-17)18-6-4-16(22)5-7-18/h4-7,9,11-13H,8,10,14H2,1-3H3,(H,23,24). The largest absolute Gasteiger partial charge is 0.356 e. The topological polar surface area (TPSA) is 50.4 Å². The van der Waals surface area contributed by atoms with E-state index in [4.69, 9.17) is 0 Å². The van der Waals surface area contributed by atoms with E-state index in [0.717, 1.165) is 34.8 Å². The van der Waals surface area contributed by atoms with Crippen LogP contribution in [0.5, 0.6) is 0 Å². The van der Waals surface area contributed by atoms with Crippen LogP contribution in [-0.2, 0) is 20.0 Å². The van der Waals surface area contributed by atoms with Crippen molar-refractivity contribution in [2.75, 3.05) is 20.6 Å². The van der Waals surface area contributed by atoms with Crippen molar-refractivity contribution in [3.63, 3.8) is 0 Å². The molecule has 0 saturated heterocycles. The lowest BCUT2D eigenvalue weighted by molar-refractivity contribution is 0.462. The number of nitrogens with one attached hydrogen (secondary N) is 1. The van der Waals surface area contributed by atoms with Gasteiger partial charge in [-0.15, -0.1) is 0 Å². The highest BCUT2D eigenvalue weighted by molar-refractivity contribution is 9.10. The van der Waals surface area contributed by atoms with Crippen molar-refractivity contribution in [2.24, 2.45) is 12.0 Å². The first-order valence-electron chi connectivity index (χ1n) is 8.99. The monoisotopic (exact) mass is 446 g/mol. The molecular formula is C20H24BrFN6. The molecule has 0 aliphatic rings. The van der Waals surface area contributed by atoms with Gasteiger partial charge in [0.1, 0.15) is 5.82 Å². The number of rotatable bonds is 6. The predicted molar refractivity (Wildman–Crippen MR) is 113 cm³/mol. The van der Waals surface area contributed by atoms with Crippen LogP contribution in [-0.4, -0.2) is 45.8 Å². The van der Waals surface area contributed by atoms with E-state index in [2.05, 4.69) is 46.9 Å². The van der Waals surface area contributed by atoms with E-state index in [1.807, 2.05) is 32.6 Å². The van der Waals surface area contributed by atoms with Crippen LogP contribution in [0.2, 0.25) is 0 Å². The maximum atomic E-state index is 13.1. The van der Waals surface area contributed by atoms with Crippen LogP contribution in [0.15, 0.2) is 58.3 Å². The molecule has 0 saturated carbocycles. The molecule has 0 aliphatic heterocycles. The average molecular weight is 447 g/mol. The predicted octanol–water partition coefficient (Wildman–Crippen LogP) is 3.36. The maximum Gasteiger partial charge on any atom is 0.193 e. The summed E-state index contributed by atoms with van der Waals surface area (Å²) < 4.78 is 18.0. The number of nitrogens with zero attached hydrogens (tertiary/aromatic N) is 5. The quantitative estimate of drug-likeness (QED) is 0.466. The zero-order valence-electron chi connectivity index (χ0n) is 16.2. The number of aryl methyl sites for hydroxylation is 1. The summed E-state index contributed by atoms with van der Waals surface area (Å²) in [5.41, 5.74) is 2.99. The van der Waals surface area contributed by atoms with Gasteiger partial charge in [-0.05, 0) is 52.3 Å². The van der Waals surface area contributed by atoms with Crippen molar-refractivity contribution < 1.29 is 4.39 Å². The fraction of sp³-hybridized carbons (Fsp3) is 0.300. The highest BCUT2D eigenvalue weighted by Gasteiger charge is 2.10. The molecular weight excluding hydrogens is 423 g/mol. The van der Waals surface area contributed by atoms with Crippen molar-refractivity contribution in [1.82, 2.24) is 24.6 Å². The highest BCUT2D eigenvalue weighted by Crippen LogP contribution is 2.15. The van der Waals surface area contributed by atoms with E-state index in [0.29, 0.717) is 6.54 Å². The molecule has 1 aromatic carbocycles. The molecule has 8 heteroatoms. The third-order valence-corrected chi connectivity index (χ3v) is 4.88. The molecule has 0 aliphatic carbocycles. The molecule has 6 nitrogen and oxygen atoms in total. The summed E-state index contributed by atoms with van der Waals surface area (Å²) in [4.78, 5) is 6.44. The third kappa shape index (κ3) is 5.01. The zero-order chi connectivity index (χ0) is 20.1. The minimum absolute atomic E-state index is 0.251. The van der Waals surface area contributed by atoms with Crippen LogP contribution >= 0.6 is 15.9 Å². The van der Waals surface area contributed by atoms with Crippen LogP contribution in [0.25, 0.3) is 5.69 Å². The first-order valence-corrected chi connectivity index (χ1v) is 9.78. The van der Waals surface area contributed by atoms with Crippen LogP contribution in [0.4, 0.5) is 4.39 Å². The molecule has 3 rings (SSSR count). The SMILES string of the molecule is CN=C(NCCc1ccn(-c2ccc(F)cc2)n1)N(C)Cc1cc(Br)cn1C. The van der Waals surface area contributed by atoms with E-state index in [1.54, 1.807) is 23.9 Å². The number of guanidine groups is 1. The molecule has 2 aromatic heterocycles. The van der Waals surface area contributed by atoms with Gasteiger partial charge in [-0.25, -0.2) is 9.07 Å². The Morgan fingerprint density at radius 3 is 2.68 bits per heavy atom. The molecule has 148 valence electrons. The molecule has 0 spiro atoms. The van der Waals surface area contributed by atoms with Gasteiger partial charge in [0.25, 0.3) is 0 Å². The van der Waals surface area contributed by atoms with Gasteiger partial charge in [-0.3, -0.25) is 4.99 Å². The lowest BCUT2D eigenvalue weighted by Crippen LogP contribution is -2.39. The van der Waals surface area contributed by atoms with Gasteiger partial charge in [0, 0.05) is 56.7 Å². The van der Waals surface area contributed by atoms with Gasteiger partial charge in [0.05, 0.1) is 17.9 Å². The normalized spacial score (nSPS) is 11.7. The van der Waals surface area contributed by atoms with Crippen LogP contribution in [0.1, 0.15) is 11.4 Å². The zero-order valence-corrected chi connectivity index (χ0v) is 17.8. The number of halogens is 2. The summed E-state index contributed by atoms with van der Waals surface area (Å²) in [6, 6.07) is 10.4. The van der Waals surface area contributed by atoms with Crippen molar-refractivity contribution in [1.29, 1.82) is 0 Å². The van der Waals surface area contributed by atoms with Crippen molar-refractivity contribution in [3.05, 3.63) is 70.5 Å². The lowest BCUT2D eigenvalue weighted by atomic mass is 10.3. The van der Waals surface area contributed by atoms with E-state index in [1.165, 1.54) is 17.8 Å². The van der Waals surface area contributed by atoms with Gasteiger partial charge >= 0.3 is 0 Å². The third-order valence-electron chi connectivity index (χ3n) is 4.45. The van der Waals surface area contributed by atoms with Gasteiger partial charge < -0.3 is 14.8 Å². The van der Waals surface area contributed by atoms with E-state index in [-0.39, 0.29) is 5.82 Å². The van der Waals surface area contributed by atoms with E-state index < -0.39 is 0 Å². The molecule has 0 bridgehead atoms. The van der Waals surface area contributed by atoms with Crippen molar-refractivity contribution in [2.45, 2.75) is 13.0 Å². The van der Waals surface area contributed by atoms with Gasteiger partial charge in [-0.1, -0.05) is 0 Å². The number of hydrogen-bond acceptors (Lipinski definition) is 2. The Kier molecular flexibility index (Phi) is 6.51. The Labute approximate surface area is 172 Å². The highest BCUT2D eigenvalue weighted by atomic mass is 79.9. The van der Waals surface area contributed by atoms with E-state index in [9.17, 15) is 4.39 Å². The number of aromatic nitrogens is 3. The Hall–Kier alpha value is -2.61.